The fourth-order valence-electron chi connectivity index (χ4n) is 2.71. The molecule has 1 aliphatic heterocycles. The van der Waals surface area contributed by atoms with Gasteiger partial charge in [-0.1, -0.05) is 44.2 Å². The first-order chi connectivity index (χ1) is 13.7. The van der Waals surface area contributed by atoms with Crippen LogP contribution in [0.4, 0.5) is 4.79 Å². The van der Waals surface area contributed by atoms with Crippen LogP contribution in [0, 0.1) is 5.92 Å². The van der Waals surface area contributed by atoms with Crippen LogP contribution in [-0.2, 0) is 25.6 Å². The number of nitrogens with one attached hydrogen (secondary N) is 1. The zero-order chi connectivity index (χ0) is 21.6. The number of alkyl carbamates (subject to hydrolysis) is 1. The molecule has 0 unspecified atom stereocenters. The van der Waals surface area contributed by atoms with Gasteiger partial charge in [-0.15, -0.1) is 0 Å². The fraction of sp³-hybridized carbons (Fsp3) is 0.579. The molecular weight excluding hydrogens is 386 g/mol. The molecule has 2 rings (SSSR count). The standard InChI is InChI=1S/C19H27NO9/c1-10(2)13(20-19(26)28-8-11-6-4-3-5-7-11)17(24)27-9-12-14(21)15(22)16(23)18(25)29-12/h3-7,10,12-16,18,21-23,25H,8-9H2,1-2H3,(H,20,26)/t12-,13+,14-,15+,16-,18-/m0/s1. The highest BCUT2D eigenvalue weighted by molar-refractivity contribution is 5.81. The van der Waals surface area contributed by atoms with Gasteiger partial charge in [-0.25, -0.2) is 9.59 Å². The van der Waals surface area contributed by atoms with Gasteiger partial charge in [0.15, 0.2) is 6.29 Å². The van der Waals surface area contributed by atoms with Gasteiger partial charge in [-0.3, -0.25) is 0 Å². The minimum atomic E-state index is -1.73. The van der Waals surface area contributed by atoms with E-state index in [9.17, 15) is 30.0 Å². The molecule has 10 heteroatoms. The van der Waals surface area contributed by atoms with Crippen LogP contribution < -0.4 is 5.32 Å². The summed E-state index contributed by atoms with van der Waals surface area (Å²) in [6.07, 6.45) is -8.68. The molecule has 29 heavy (non-hydrogen) atoms. The lowest BCUT2D eigenvalue weighted by Crippen LogP contribution is -2.59. The number of carbonyl (C=O) groups excluding carboxylic acids is 2. The molecule has 1 aromatic rings. The number of ether oxygens (including phenoxy) is 3. The molecule has 1 amide bonds. The van der Waals surface area contributed by atoms with Gasteiger partial charge in [0.2, 0.25) is 0 Å². The first-order valence-corrected chi connectivity index (χ1v) is 9.22. The Kier molecular flexibility index (Phi) is 8.35. The number of aliphatic hydroxyl groups is 4. The maximum atomic E-state index is 12.4. The van der Waals surface area contributed by atoms with Crippen molar-refractivity contribution >= 4 is 12.1 Å². The van der Waals surface area contributed by atoms with Gasteiger partial charge in [0, 0.05) is 0 Å². The summed E-state index contributed by atoms with van der Waals surface area (Å²) in [4.78, 5) is 24.4. The van der Waals surface area contributed by atoms with E-state index in [2.05, 4.69) is 5.32 Å². The Bertz CT molecular complexity index is 669. The molecule has 1 heterocycles. The molecule has 10 nitrogen and oxygen atoms in total. The first-order valence-electron chi connectivity index (χ1n) is 9.22. The minimum absolute atomic E-state index is 0.0345. The van der Waals surface area contributed by atoms with Crippen LogP contribution in [-0.4, -0.2) is 75.8 Å². The molecule has 5 N–H and O–H groups in total. The maximum Gasteiger partial charge on any atom is 0.408 e. The van der Waals surface area contributed by atoms with E-state index in [0.717, 1.165) is 5.56 Å². The largest absolute Gasteiger partial charge is 0.461 e. The summed E-state index contributed by atoms with van der Waals surface area (Å²) in [5.41, 5.74) is 0.786. The predicted octanol–water partition coefficient (Wildman–Crippen LogP) is -0.719. The van der Waals surface area contributed by atoms with Crippen LogP contribution in [0.3, 0.4) is 0 Å². The second-order valence-corrected chi connectivity index (χ2v) is 7.09. The molecule has 0 radical (unpaired) electrons. The summed E-state index contributed by atoms with van der Waals surface area (Å²) in [6, 6.07) is 7.99. The number of rotatable bonds is 7. The lowest BCUT2D eigenvalue weighted by atomic mass is 9.99. The van der Waals surface area contributed by atoms with E-state index in [1.165, 1.54) is 0 Å². The third-order valence-corrected chi connectivity index (χ3v) is 4.48. The first kappa shape index (κ1) is 23.0. The second-order valence-electron chi connectivity index (χ2n) is 7.09. The molecule has 0 aliphatic carbocycles. The minimum Gasteiger partial charge on any atom is -0.461 e. The van der Waals surface area contributed by atoms with Gasteiger partial charge in [0.05, 0.1) is 0 Å². The maximum absolute atomic E-state index is 12.4. The lowest BCUT2D eigenvalue weighted by Gasteiger charge is -2.38. The average molecular weight is 413 g/mol. The van der Waals surface area contributed by atoms with Crippen LogP contribution in [0.25, 0.3) is 0 Å². The molecule has 1 saturated heterocycles. The molecule has 0 spiro atoms. The van der Waals surface area contributed by atoms with Crippen LogP contribution in [0.15, 0.2) is 30.3 Å². The molecule has 0 saturated carbocycles. The molecule has 0 aromatic heterocycles. The number of amides is 1. The Balaban J connectivity index is 1.86. The van der Waals surface area contributed by atoms with Crippen molar-refractivity contribution in [1.82, 2.24) is 5.32 Å². The Hall–Kier alpha value is -2.24. The van der Waals surface area contributed by atoms with Crippen molar-refractivity contribution in [3.63, 3.8) is 0 Å². The SMILES string of the molecule is CC(C)[C@@H](NC(=O)OCc1ccccc1)C(=O)OC[C@@H]1O[C@H](O)[C@@H](O)[C@H](O)[C@H]1O. The highest BCUT2D eigenvalue weighted by Gasteiger charge is 2.43. The Morgan fingerprint density at radius 3 is 2.31 bits per heavy atom. The van der Waals surface area contributed by atoms with E-state index in [0.29, 0.717) is 0 Å². The predicted molar refractivity (Wildman–Crippen MR) is 98.2 cm³/mol. The number of benzene rings is 1. The van der Waals surface area contributed by atoms with E-state index in [1.54, 1.807) is 38.1 Å². The Labute approximate surface area is 168 Å². The van der Waals surface area contributed by atoms with Crippen molar-refractivity contribution in [3.05, 3.63) is 35.9 Å². The lowest BCUT2D eigenvalue weighted by molar-refractivity contribution is -0.287. The number of hydrogen-bond donors (Lipinski definition) is 5. The summed E-state index contributed by atoms with van der Waals surface area (Å²) in [6.45, 7) is 2.93. The summed E-state index contributed by atoms with van der Waals surface area (Å²) in [7, 11) is 0. The summed E-state index contributed by atoms with van der Waals surface area (Å²) in [5.74, 6) is -1.13. The molecule has 0 bridgehead atoms. The second kappa shape index (κ2) is 10.5. The van der Waals surface area contributed by atoms with Gasteiger partial charge in [0.1, 0.15) is 43.7 Å². The Morgan fingerprint density at radius 2 is 1.69 bits per heavy atom. The van der Waals surface area contributed by atoms with E-state index < -0.39 is 55.4 Å². The Morgan fingerprint density at radius 1 is 1.03 bits per heavy atom. The van der Waals surface area contributed by atoms with Crippen molar-refractivity contribution in [2.24, 2.45) is 5.92 Å². The molecule has 1 fully saturated rings. The van der Waals surface area contributed by atoms with E-state index in [1.807, 2.05) is 6.07 Å². The van der Waals surface area contributed by atoms with Gasteiger partial charge >= 0.3 is 12.1 Å². The van der Waals surface area contributed by atoms with Crippen molar-refractivity contribution in [2.75, 3.05) is 6.61 Å². The normalized spacial score (nSPS) is 27.9. The summed E-state index contributed by atoms with van der Waals surface area (Å²) < 4.78 is 15.1. The fourth-order valence-corrected chi connectivity index (χ4v) is 2.71. The van der Waals surface area contributed by atoms with Crippen LogP contribution >= 0.6 is 0 Å². The number of hydrogen-bond acceptors (Lipinski definition) is 9. The summed E-state index contributed by atoms with van der Waals surface area (Å²) in [5, 5.41) is 40.9. The highest BCUT2D eigenvalue weighted by atomic mass is 16.7. The summed E-state index contributed by atoms with van der Waals surface area (Å²) >= 11 is 0. The van der Waals surface area contributed by atoms with Crippen molar-refractivity contribution in [1.29, 1.82) is 0 Å². The van der Waals surface area contributed by atoms with Crippen molar-refractivity contribution < 1.29 is 44.2 Å². The number of carbonyl (C=O) groups is 2. The van der Waals surface area contributed by atoms with Crippen molar-refractivity contribution in [2.45, 2.75) is 57.2 Å². The van der Waals surface area contributed by atoms with E-state index in [-0.39, 0.29) is 12.5 Å². The third kappa shape index (κ3) is 6.38. The average Bonchev–Trinajstić information content (AvgIpc) is 2.70. The van der Waals surface area contributed by atoms with Crippen LogP contribution in [0.2, 0.25) is 0 Å². The van der Waals surface area contributed by atoms with E-state index >= 15 is 0 Å². The molecule has 1 aliphatic rings. The van der Waals surface area contributed by atoms with E-state index in [4.69, 9.17) is 14.2 Å². The van der Waals surface area contributed by atoms with Crippen LogP contribution in [0.1, 0.15) is 19.4 Å². The smallest absolute Gasteiger partial charge is 0.408 e. The highest BCUT2D eigenvalue weighted by Crippen LogP contribution is 2.20. The monoisotopic (exact) mass is 413 g/mol. The van der Waals surface area contributed by atoms with Crippen LogP contribution in [0.5, 0.6) is 0 Å². The zero-order valence-electron chi connectivity index (χ0n) is 16.2. The number of esters is 1. The van der Waals surface area contributed by atoms with Gasteiger partial charge in [-0.2, -0.15) is 0 Å². The number of aliphatic hydroxyl groups excluding tert-OH is 4. The van der Waals surface area contributed by atoms with Gasteiger partial charge in [-0.05, 0) is 11.5 Å². The topological polar surface area (TPSA) is 155 Å². The van der Waals surface area contributed by atoms with Crippen molar-refractivity contribution in [3.8, 4) is 0 Å². The molecule has 6 atom stereocenters. The molecular formula is C19H27NO9. The quantitative estimate of drug-likeness (QED) is 0.364. The molecule has 162 valence electrons. The van der Waals surface area contributed by atoms with Gasteiger partial charge in [0.25, 0.3) is 0 Å². The third-order valence-electron chi connectivity index (χ3n) is 4.48. The van der Waals surface area contributed by atoms with Gasteiger partial charge < -0.3 is 40.0 Å². The zero-order valence-corrected chi connectivity index (χ0v) is 16.2. The molecule has 1 aromatic carbocycles.